The zero-order chi connectivity index (χ0) is 20.0. The molecule has 0 radical (unpaired) electrons. The molecular formula is C21H26N2O4. The van der Waals surface area contributed by atoms with Crippen LogP contribution in [0.2, 0.25) is 0 Å². The highest BCUT2D eigenvalue weighted by Gasteiger charge is 2.24. The van der Waals surface area contributed by atoms with Crippen LogP contribution in [0.1, 0.15) is 31.0 Å². The maximum absolute atomic E-state index is 12.6. The third-order valence-electron chi connectivity index (χ3n) is 4.32. The van der Waals surface area contributed by atoms with Crippen LogP contribution in [0.15, 0.2) is 42.5 Å². The van der Waals surface area contributed by atoms with Gasteiger partial charge in [-0.25, -0.2) is 0 Å². The molecule has 6 nitrogen and oxygen atoms in total. The van der Waals surface area contributed by atoms with Gasteiger partial charge in [0.25, 0.3) is 0 Å². The first-order chi connectivity index (χ1) is 12.9. The Kier molecular flexibility index (Phi) is 6.82. The highest BCUT2D eigenvalue weighted by Crippen LogP contribution is 2.29. The van der Waals surface area contributed by atoms with Crippen LogP contribution in [-0.2, 0) is 9.59 Å². The maximum atomic E-state index is 12.6. The number of likely N-dealkylation sites (N-methyl/N-ethyl adjacent to an activating group) is 1. The van der Waals surface area contributed by atoms with Crippen molar-refractivity contribution in [3.8, 4) is 11.5 Å². The van der Waals surface area contributed by atoms with Crippen molar-refractivity contribution in [1.82, 2.24) is 5.32 Å². The SMILES string of the molecule is CCN(C(=O)C(=O)NC(C)c1ccc(OC)c(OC)c1)c1cccc(C)c1. The van der Waals surface area contributed by atoms with E-state index in [0.717, 1.165) is 11.1 Å². The van der Waals surface area contributed by atoms with Gasteiger partial charge in [0.1, 0.15) is 0 Å². The summed E-state index contributed by atoms with van der Waals surface area (Å²) in [7, 11) is 3.11. The molecule has 6 heteroatoms. The van der Waals surface area contributed by atoms with Gasteiger partial charge < -0.3 is 19.7 Å². The Morgan fingerprint density at radius 3 is 2.37 bits per heavy atom. The summed E-state index contributed by atoms with van der Waals surface area (Å²) in [5.74, 6) is -0.0686. The Bertz CT molecular complexity index is 820. The molecule has 0 aliphatic carbocycles. The second-order valence-corrected chi connectivity index (χ2v) is 6.20. The van der Waals surface area contributed by atoms with E-state index in [1.807, 2.05) is 51.1 Å². The number of rotatable bonds is 6. The Balaban J connectivity index is 2.14. The van der Waals surface area contributed by atoms with Gasteiger partial charge >= 0.3 is 11.8 Å². The van der Waals surface area contributed by atoms with Gasteiger partial charge in [-0.15, -0.1) is 0 Å². The van der Waals surface area contributed by atoms with Gasteiger partial charge in [-0.3, -0.25) is 9.59 Å². The van der Waals surface area contributed by atoms with E-state index in [2.05, 4.69) is 5.32 Å². The van der Waals surface area contributed by atoms with Crippen molar-refractivity contribution in [3.63, 3.8) is 0 Å². The summed E-state index contributed by atoms with van der Waals surface area (Å²) < 4.78 is 10.5. The van der Waals surface area contributed by atoms with E-state index in [-0.39, 0.29) is 6.04 Å². The van der Waals surface area contributed by atoms with Crippen LogP contribution >= 0.6 is 0 Å². The van der Waals surface area contributed by atoms with E-state index in [1.165, 1.54) is 4.90 Å². The lowest BCUT2D eigenvalue weighted by molar-refractivity contribution is -0.138. The summed E-state index contributed by atoms with van der Waals surface area (Å²) in [5.41, 5.74) is 2.54. The van der Waals surface area contributed by atoms with Gasteiger partial charge in [0.2, 0.25) is 0 Å². The number of ether oxygens (including phenoxy) is 2. The molecule has 2 rings (SSSR count). The molecule has 1 atom stereocenters. The predicted octanol–water partition coefficient (Wildman–Crippen LogP) is 3.24. The Hall–Kier alpha value is -3.02. The molecular weight excluding hydrogens is 344 g/mol. The summed E-state index contributed by atoms with van der Waals surface area (Å²) in [5, 5.41) is 2.76. The first-order valence-electron chi connectivity index (χ1n) is 8.82. The van der Waals surface area contributed by atoms with E-state index in [4.69, 9.17) is 9.47 Å². The number of hydrogen-bond acceptors (Lipinski definition) is 4. The Labute approximate surface area is 160 Å². The molecule has 2 aromatic carbocycles. The molecule has 0 saturated carbocycles. The number of amides is 2. The van der Waals surface area contributed by atoms with Gasteiger partial charge in [-0.2, -0.15) is 0 Å². The normalized spacial score (nSPS) is 11.4. The average molecular weight is 370 g/mol. The zero-order valence-electron chi connectivity index (χ0n) is 16.4. The number of benzene rings is 2. The molecule has 144 valence electrons. The highest BCUT2D eigenvalue weighted by atomic mass is 16.5. The van der Waals surface area contributed by atoms with Crippen LogP contribution in [0.4, 0.5) is 5.69 Å². The second-order valence-electron chi connectivity index (χ2n) is 6.20. The van der Waals surface area contributed by atoms with Crippen LogP contribution in [0.3, 0.4) is 0 Å². The van der Waals surface area contributed by atoms with Crippen molar-refractivity contribution in [3.05, 3.63) is 53.6 Å². The lowest BCUT2D eigenvalue weighted by atomic mass is 10.1. The molecule has 2 aromatic rings. The minimum absolute atomic E-state index is 0.363. The minimum Gasteiger partial charge on any atom is -0.493 e. The quantitative estimate of drug-likeness (QED) is 0.793. The largest absolute Gasteiger partial charge is 0.493 e. The van der Waals surface area contributed by atoms with Gasteiger partial charge in [-0.05, 0) is 56.2 Å². The van der Waals surface area contributed by atoms with Gasteiger partial charge in [0.05, 0.1) is 20.3 Å². The van der Waals surface area contributed by atoms with Crippen molar-refractivity contribution in [1.29, 1.82) is 0 Å². The van der Waals surface area contributed by atoms with Crippen LogP contribution in [0.25, 0.3) is 0 Å². The van der Waals surface area contributed by atoms with Gasteiger partial charge in [0, 0.05) is 12.2 Å². The van der Waals surface area contributed by atoms with E-state index in [1.54, 1.807) is 26.4 Å². The third kappa shape index (κ3) is 4.78. The molecule has 0 saturated heterocycles. The minimum atomic E-state index is -0.652. The van der Waals surface area contributed by atoms with Crippen LogP contribution < -0.4 is 19.7 Å². The molecule has 0 heterocycles. The summed E-state index contributed by atoms with van der Waals surface area (Å²) in [6.45, 7) is 6.00. The predicted molar refractivity (Wildman–Crippen MR) is 105 cm³/mol. The van der Waals surface area contributed by atoms with E-state index < -0.39 is 11.8 Å². The smallest absolute Gasteiger partial charge is 0.316 e. The number of hydrogen-bond donors (Lipinski definition) is 1. The summed E-state index contributed by atoms with van der Waals surface area (Å²) >= 11 is 0. The zero-order valence-corrected chi connectivity index (χ0v) is 16.4. The van der Waals surface area contributed by atoms with Crippen LogP contribution in [0, 0.1) is 6.92 Å². The molecule has 0 aliphatic rings. The number of carbonyl (C=O) groups excluding carboxylic acids is 2. The van der Waals surface area contributed by atoms with Crippen LogP contribution in [-0.4, -0.2) is 32.6 Å². The van der Waals surface area contributed by atoms with Crippen LogP contribution in [0.5, 0.6) is 11.5 Å². The fourth-order valence-corrected chi connectivity index (χ4v) is 2.83. The van der Waals surface area contributed by atoms with E-state index >= 15 is 0 Å². The number of aryl methyl sites for hydroxylation is 1. The molecule has 1 N–H and O–H groups in total. The fraction of sp³-hybridized carbons (Fsp3) is 0.333. The average Bonchev–Trinajstić information content (AvgIpc) is 2.67. The van der Waals surface area contributed by atoms with E-state index in [0.29, 0.717) is 23.7 Å². The molecule has 27 heavy (non-hydrogen) atoms. The lowest BCUT2D eigenvalue weighted by Gasteiger charge is -2.22. The fourth-order valence-electron chi connectivity index (χ4n) is 2.83. The summed E-state index contributed by atoms with van der Waals surface area (Å²) in [6, 6.07) is 12.5. The lowest BCUT2D eigenvalue weighted by Crippen LogP contribution is -2.43. The van der Waals surface area contributed by atoms with Crippen molar-refractivity contribution >= 4 is 17.5 Å². The molecule has 1 unspecified atom stereocenters. The maximum Gasteiger partial charge on any atom is 0.316 e. The third-order valence-corrected chi connectivity index (χ3v) is 4.32. The first kappa shape index (κ1) is 20.3. The monoisotopic (exact) mass is 370 g/mol. The van der Waals surface area contributed by atoms with Crippen molar-refractivity contribution < 1.29 is 19.1 Å². The first-order valence-corrected chi connectivity index (χ1v) is 8.82. The number of anilines is 1. The number of carbonyl (C=O) groups is 2. The second kappa shape index (κ2) is 9.07. The summed E-state index contributed by atoms with van der Waals surface area (Å²) in [6.07, 6.45) is 0. The highest BCUT2D eigenvalue weighted by molar-refractivity contribution is 6.40. The van der Waals surface area contributed by atoms with Crippen molar-refractivity contribution in [2.24, 2.45) is 0 Å². The molecule has 0 aliphatic heterocycles. The molecule has 2 amide bonds. The molecule has 0 bridgehead atoms. The standard InChI is InChI=1S/C21H26N2O4/c1-6-23(17-9-7-8-14(2)12-17)21(25)20(24)22-15(3)16-10-11-18(26-4)19(13-16)27-5/h7-13,15H,6H2,1-5H3,(H,22,24). The number of methoxy groups -OCH3 is 2. The van der Waals surface area contributed by atoms with Gasteiger partial charge in [0.15, 0.2) is 11.5 Å². The van der Waals surface area contributed by atoms with Crippen molar-refractivity contribution in [2.75, 3.05) is 25.7 Å². The van der Waals surface area contributed by atoms with E-state index in [9.17, 15) is 9.59 Å². The van der Waals surface area contributed by atoms with Gasteiger partial charge in [-0.1, -0.05) is 18.2 Å². The molecule has 0 spiro atoms. The van der Waals surface area contributed by atoms with Crippen molar-refractivity contribution in [2.45, 2.75) is 26.8 Å². The number of nitrogens with zero attached hydrogens (tertiary/aromatic N) is 1. The molecule has 0 fully saturated rings. The Morgan fingerprint density at radius 1 is 1.07 bits per heavy atom. The summed E-state index contributed by atoms with van der Waals surface area (Å²) in [4.78, 5) is 26.6. The Morgan fingerprint density at radius 2 is 1.78 bits per heavy atom. The molecule has 0 aromatic heterocycles. The number of nitrogens with one attached hydrogen (secondary N) is 1. The topological polar surface area (TPSA) is 67.9 Å².